The van der Waals surface area contributed by atoms with E-state index in [9.17, 15) is 4.79 Å². The zero-order chi connectivity index (χ0) is 23.6. The maximum atomic E-state index is 12.1. The third kappa shape index (κ3) is 6.99. The first-order chi connectivity index (χ1) is 16.7. The summed E-state index contributed by atoms with van der Waals surface area (Å²) in [5.74, 6) is 1.73. The summed E-state index contributed by atoms with van der Waals surface area (Å²) in [6.07, 6.45) is 3.11. The minimum absolute atomic E-state index is 0.157. The Kier molecular flexibility index (Phi) is 7.99. The van der Waals surface area contributed by atoms with Crippen molar-refractivity contribution in [3.05, 3.63) is 131 Å². The van der Waals surface area contributed by atoms with Crippen LogP contribution >= 0.6 is 11.6 Å². The Labute approximate surface area is 204 Å². The van der Waals surface area contributed by atoms with E-state index >= 15 is 0 Å². The smallest absolute Gasteiger partial charge is 0.331 e. The van der Waals surface area contributed by atoms with Gasteiger partial charge in [-0.2, -0.15) is 0 Å². The lowest BCUT2D eigenvalue weighted by molar-refractivity contribution is -0.138. The molecule has 0 spiro atoms. The van der Waals surface area contributed by atoms with Crippen LogP contribution in [0.25, 0.3) is 6.08 Å². The van der Waals surface area contributed by atoms with Crippen LogP contribution in [0.5, 0.6) is 17.2 Å². The Morgan fingerprint density at radius 2 is 1.47 bits per heavy atom. The van der Waals surface area contributed by atoms with Crippen molar-refractivity contribution in [1.29, 1.82) is 0 Å². The van der Waals surface area contributed by atoms with Crippen LogP contribution in [0.2, 0.25) is 5.02 Å². The number of halogens is 1. The van der Waals surface area contributed by atoms with Crippen molar-refractivity contribution in [2.45, 2.75) is 13.2 Å². The van der Waals surface area contributed by atoms with E-state index in [0.29, 0.717) is 17.4 Å². The van der Waals surface area contributed by atoms with Crippen LogP contribution in [0.3, 0.4) is 0 Å². The highest BCUT2D eigenvalue weighted by Crippen LogP contribution is 2.22. The average Bonchev–Trinajstić information content (AvgIpc) is 2.87. The van der Waals surface area contributed by atoms with E-state index in [2.05, 4.69) is 0 Å². The summed E-state index contributed by atoms with van der Waals surface area (Å²) in [4.78, 5) is 12.1. The highest BCUT2D eigenvalue weighted by atomic mass is 35.5. The predicted octanol–water partition coefficient (Wildman–Crippen LogP) is 7.47. The first-order valence-corrected chi connectivity index (χ1v) is 11.2. The first-order valence-electron chi connectivity index (χ1n) is 10.8. The summed E-state index contributed by atoms with van der Waals surface area (Å²) < 4.78 is 17.0. The third-order valence-electron chi connectivity index (χ3n) is 4.90. The molecule has 0 saturated heterocycles. The van der Waals surface area contributed by atoms with Crippen LogP contribution in [0.4, 0.5) is 0 Å². The number of hydrogen-bond donors (Lipinski definition) is 0. The van der Waals surface area contributed by atoms with Gasteiger partial charge in [-0.1, -0.05) is 72.3 Å². The second-order valence-electron chi connectivity index (χ2n) is 7.45. The van der Waals surface area contributed by atoms with Gasteiger partial charge >= 0.3 is 5.97 Å². The van der Waals surface area contributed by atoms with Gasteiger partial charge in [-0.05, 0) is 59.7 Å². The van der Waals surface area contributed by atoms with Crippen molar-refractivity contribution in [1.82, 2.24) is 0 Å². The molecule has 0 aliphatic rings. The molecule has 0 heterocycles. The lowest BCUT2D eigenvalue weighted by atomic mass is 10.2. The zero-order valence-electron chi connectivity index (χ0n) is 18.4. The van der Waals surface area contributed by atoms with E-state index in [-0.39, 0.29) is 6.61 Å². The molecule has 4 nitrogen and oxygen atoms in total. The maximum absolute atomic E-state index is 12.1. The van der Waals surface area contributed by atoms with Crippen LogP contribution in [-0.2, 0) is 22.7 Å². The van der Waals surface area contributed by atoms with Gasteiger partial charge in [0.15, 0.2) is 0 Å². The molecule has 0 N–H and O–H groups in total. The Bertz CT molecular complexity index is 1250. The van der Waals surface area contributed by atoms with E-state index in [0.717, 1.165) is 28.2 Å². The van der Waals surface area contributed by atoms with Crippen LogP contribution in [-0.4, -0.2) is 5.97 Å². The van der Waals surface area contributed by atoms with Gasteiger partial charge in [0.25, 0.3) is 0 Å². The van der Waals surface area contributed by atoms with Crippen LogP contribution < -0.4 is 9.47 Å². The lowest BCUT2D eigenvalue weighted by Crippen LogP contribution is -2.00. The molecule has 34 heavy (non-hydrogen) atoms. The maximum Gasteiger partial charge on any atom is 0.331 e. The van der Waals surface area contributed by atoms with Crippen molar-refractivity contribution >= 4 is 23.6 Å². The number of rotatable bonds is 9. The van der Waals surface area contributed by atoms with E-state index in [1.165, 1.54) is 6.08 Å². The van der Waals surface area contributed by atoms with Crippen LogP contribution in [0, 0.1) is 0 Å². The number of ether oxygens (including phenoxy) is 3. The second kappa shape index (κ2) is 11.7. The molecule has 0 aliphatic carbocycles. The molecular formula is C29H23ClO4. The number of carbonyl (C=O) groups excluding carboxylic acids is 1. The highest BCUT2D eigenvalue weighted by molar-refractivity contribution is 6.31. The fourth-order valence-corrected chi connectivity index (χ4v) is 3.33. The van der Waals surface area contributed by atoms with Crippen molar-refractivity contribution in [2.24, 2.45) is 0 Å². The van der Waals surface area contributed by atoms with E-state index in [4.69, 9.17) is 25.8 Å². The molecule has 0 bridgehead atoms. The van der Waals surface area contributed by atoms with E-state index < -0.39 is 5.97 Å². The molecule has 0 amide bonds. The van der Waals surface area contributed by atoms with Gasteiger partial charge in [-0.15, -0.1) is 0 Å². The monoisotopic (exact) mass is 470 g/mol. The van der Waals surface area contributed by atoms with E-state index in [1.54, 1.807) is 6.08 Å². The topological polar surface area (TPSA) is 44.8 Å². The lowest BCUT2D eigenvalue weighted by Gasteiger charge is -2.08. The summed E-state index contributed by atoms with van der Waals surface area (Å²) in [5.41, 5.74) is 2.63. The molecule has 4 rings (SSSR count). The summed E-state index contributed by atoms with van der Waals surface area (Å²) in [5, 5.41) is 0.677. The third-order valence-corrected chi connectivity index (χ3v) is 5.27. The highest BCUT2D eigenvalue weighted by Gasteiger charge is 2.03. The van der Waals surface area contributed by atoms with Gasteiger partial charge in [0.05, 0.1) is 0 Å². The molecular weight excluding hydrogens is 448 g/mol. The van der Waals surface area contributed by atoms with Crippen molar-refractivity contribution in [3.63, 3.8) is 0 Å². The Morgan fingerprint density at radius 3 is 2.26 bits per heavy atom. The molecule has 0 fully saturated rings. The predicted molar refractivity (Wildman–Crippen MR) is 134 cm³/mol. The Morgan fingerprint density at radius 1 is 0.735 bits per heavy atom. The number of hydrogen-bond acceptors (Lipinski definition) is 4. The molecule has 170 valence electrons. The van der Waals surface area contributed by atoms with Gasteiger partial charge in [0.1, 0.15) is 30.5 Å². The fraction of sp³-hybridized carbons (Fsp3) is 0.0690. The van der Waals surface area contributed by atoms with Gasteiger partial charge < -0.3 is 14.2 Å². The normalized spacial score (nSPS) is 10.7. The summed E-state index contributed by atoms with van der Waals surface area (Å²) in [6.45, 7) is 0.544. The van der Waals surface area contributed by atoms with Gasteiger partial charge in [0.2, 0.25) is 0 Å². The van der Waals surface area contributed by atoms with Crippen molar-refractivity contribution in [2.75, 3.05) is 0 Å². The summed E-state index contributed by atoms with van der Waals surface area (Å²) >= 11 is 6.15. The second-order valence-corrected chi connectivity index (χ2v) is 7.86. The fourth-order valence-electron chi connectivity index (χ4n) is 3.14. The molecule has 0 unspecified atom stereocenters. The standard InChI is InChI=1S/C29H23ClO4/c30-28-12-5-4-8-24(28)21-32-25-16-13-22(14-17-25)15-18-29(31)33-20-23-7-6-11-27(19-23)34-26-9-2-1-3-10-26/h1-19H,20-21H2. The van der Waals surface area contributed by atoms with E-state index in [1.807, 2.05) is 103 Å². The minimum atomic E-state index is -0.423. The Hall–Kier alpha value is -4.02. The molecule has 0 atom stereocenters. The first kappa shape index (κ1) is 23.1. The van der Waals surface area contributed by atoms with Gasteiger partial charge in [-0.3, -0.25) is 0 Å². The number of esters is 1. The van der Waals surface area contributed by atoms with Crippen molar-refractivity contribution in [3.8, 4) is 17.2 Å². The quantitative estimate of drug-likeness (QED) is 0.188. The zero-order valence-corrected chi connectivity index (χ0v) is 19.2. The minimum Gasteiger partial charge on any atom is -0.489 e. The molecule has 0 aliphatic heterocycles. The van der Waals surface area contributed by atoms with Gasteiger partial charge in [0, 0.05) is 16.7 Å². The number of para-hydroxylation sites is 1. The molecule has 0 aromatic heterocycles. The summed E-state index contributed by atoms with van der Waals surface area (Å²) in [6, 6.07) is 32.0. The SMILES string of the molecule is O=C(C=Cc1ccc(OCc2ccccc2Cl)cc1)OCc1cccc(Oc2ccccc2)c1. The largest absolute Gasteiger partial charge is 0.489 e. The molecule has 4 aromatic rings. The number of benzene rings is 4. The Balaban J connectivity index is 1.25. The van der Waals surface area contributed by atoms with Crippen LogP contribution in [0.1, 0.15) is 16.7 Å². The van der Waals surface area contributed by atoms with Gasteiger partial charge in [-0.25, -0.2) is 4.79 Å². The molecule has 0 radical (unpaired) electrons. The van der Waals surface area contributed by atoms with Crippen molar-refractivity contribution < 1.29 is 19.0 Å². The average molecular weight is 471 g/mol. The van der Waals surface area contributed by atoms with Crippen LogP contribution in [0.15, 0.2) is 109 Å². The summed E-state index contributed by atoms with van der Waals surface area (Å²) in [7, 11) is 0. The molecule has 0 saturated carbocycles. The molecule has 5 heteroatoms. The molecule has 4 aromatic carbocycles. The number of carbonyl (C=O) groups is 1.